The predicted molar refractivity (Wildman–Crippen MR) is 121 cm³/mol. The first-order chi connectivity index (χ1) is 15.6. The summed E-state index contributed by atoms with van der Waals surface area (Å²) in [4.78, 5) is 17.8. The second kappa shape index (κ2) is 8.63. The van der Waals surface area contributed by atoms with Crippen LogP contribution in [0.2, 0.25) is 0 Å². The van der Waals surface area contributed by atoms with Gasteiger partial charge in [0.05, 0.1) is 17.3 Å². The highest BCUT2D eigenvalue weighted by Gasteiger charge is 2.18. The molecule has 160 valence electrons. The van der Waals surface area contributed by atoms with Crippen LogP contribution < -0.4 is 10.1 Å². The molecule has 0 radical (unpaired) electrons. The van der Waals surface area contributed by atoms with Crippen LogP contribution in [-0.4, -0.2) is 35.8 Å². The van der Waals surface area contributed by atoms with E-state index in [-0.39, 0.29) is 6.10 Å². The Morgan fingerprint density at radius 2 is 1.94 bits per heavy atom. The van der Waals surface area contributed by atoms with Gasteiger partial charge in [0.15, 0.2) is 5.52 Å². The van der Waals surface area contributed by atoms with Crippen LogP contribution in [0.5, 0.6) is 5.88 Å². The minimum absolute atomic E-state index is 0.0340. The van der Waals surface area contributed by atoms with E-state index in [9.17, 15) is 0 Å². The van der Waals surface area contributed by atoms with Gasteiger partial charge in [-0.3, -0.25) is 0 Å². The lowest BCUT2D eigenvalue weighted by atomic mass is 10.2. The molecule has 1 aromatic carbocycles. The number of nitrogens with zero attached hydrogens (tertiary/aromatic N) is 6. The zero-order valence-corrected chi connectivity index (χ0v) is 18.0. The minimum atomic E-state index is -0.0340. The smallest absolute Gasteiger partial charge is 0.245 e. The van der Waals surface area contributed by atoms with E-state index >= 15 is 0 Å². The van der Waals surface area contributed by atoms with E-state index in [0.717, 1.165) is 22.5 Å². The van der Waals surface area contributed by atoms with Crippen molar-refractivity contribution in [3.8, 4) is 23.4 Å². The number of rotatable bonds is 6. The van der Waals surface area contributed by atoms with Gasteiger partial charge in [0.2, 0.25) is 11.8 Å². The molecule has 3 aromatic heterocycles. The van der Waals surface area contributed by atoms with Gasteiger partial charge >= 0.3 is 0 Å². The van der Waals surface area contributed by atoms with Crippen LogP contribution in [0.25, 0.3) is 16.7 Å². The normalized spacial score (nSPS) is 13.1. The van der Waals surface area contributed by atoms with Crippen molar-refractivity contribution in [3.63, 3.8) is 0 Å². The van der Waals surface area contributed by atoms with Crippen molar-refractivity contribution >= 4 is 17.0 Å². The first-order valence-electron chi connectivity index (χ1n) is 10.7. The van der Waals surface area contributed by atoms with Crippen LogP contribution >= 0.6 is 0 Å². The maximum absolute atomic E-state index is 5.95. The van der Waals surface area contributed by atoms with Crippen LogP contribution in [0.3, 0.4) is 0 Å². The Kier molecular flexibility index (Phi) is 5.38. The summed E-state index contributed by atoms with van der Waals surface area (Å²) in [5, 5.41) is 7.43. The summed E-state index contributed by atoms with van der Waals surface area (Å²) in [6.07, 6.45) is 5.52. The molecule has 4 aromatic rings. The van der Waals surface area contributed by atoms with Gasteiger partial charge in [0.1, 0.15) is 18.3 Å². The Morgan fingerprint density at radius 3 is 2.66 bits per heavy atom. The molecular formula is C24H23N7O. The molecule has 0 bridgehead atoms. The zero-order chi connectivity index (χ0) is 21.9. The quantitative estimate of drug-likeness (QED) is 0.470. The van der Waals surface area contributed by atoms with E-state index in [4.69, 9.17) is 4.74 Å². The van der Waals surface area contributed by atoms with Crippen molar-refractivity contribution in [1.29, 1.82) is 0 Å². The maximum atomic E-state index is 5.95. The van der Waals surface area contributed by atoms with Gasteiger partial charge in [-0.15, -0.1) is 0 Å². The van der Waals surface area contributed by atoms with Gasteiger partial charge in [0, 0.05) is 12.5 Å². The van der Waals surface area contributed by atoms with Crippen LogP contribution in [0.1, 0.15) is 37.9 Å². The van der Waals surface area contributed by atoms with E-state index < -0.39 is 0 Å². The number of aromatic nitrogens is 6. The first-order valence-corrected chi connectivity index (χ1v) is 10.7. The van der Waals surface area contributed by atoms with Crippen molar-refractivity contribution in [2.45, 2.75) is 39.3 Å². The van der Waals surface area contributed by atoms with Gasteiger partial charge < -0.3 is 10.1 Å². The molecule has 1 N–H and O–H groups in total. The Bertz CT molecular complexity index is 1280. The third-order valence-electron chi connectivity index (χ3n) is 4.91. The summed E-state index contributed by atoms with van der Waals surface area (Å²) in [7, 11) is 0. The van der Waals surface area contributed by atoms with Crippen molar-refractivity contribution in [2.24, 2.45) is 5.92 Å². The van der Waals surface area contributed by atoms with Crippen LogP contribution in [0.15, 0.2) is 49.1 Å². The number of pyridine rings is 1. The molecule has 3 heterocycles. The molecule has 1 fully saturated rings. The standard InChI is InChI=1S/C24H23N7O/c1-16(2)32-23-22-21(12-9-19(28-22)8-5-17-3-4-17)29-24(30-23)26-13-18-6-10-20(11-7-18)31-15-25-14-27-31/h6-7,9-12,14-17H,3-4,13H2,1-2H3,(H,26,29,30). The lowest BCUT2D eigenvalue weighted by Gasteiger charge is -2.13. The van der Waals surface area contributed by atoms with Gasteiger partial charge in [0.25, 0.3) is 0 Å². The molecule has 1 saturated carbocycles. The largest absolute Gasteiger partial charge is 0.473 e. The molecule has 8 heteroatoms. The summed E-state index contributed by atoms with van der Waals surface area (Å²) in [5.74, 6) is 7.88. The van der Waals surface area contributed by atoms with E-state index in [1.807, 2.05) is 50.2 Å². The molecule has 32 heavy (non-hydrogen) atoms. The predicted octanol–water partition coefficient (Wildman–Crippen LogP) is 3.77. The second-order valence-electron chi connectivity index (χ2n) is 7.99. The van der Waals surface area contributed by atoms with Crippen LogP contribution in [0.4, 0.5) is 5.95 Å². The molecular weight excluding hydrogens is 402 g/mol. The molecule has 0 amide bonds. The molecule has 0 spiro atoms. The van der Waals surface area contributed by atoms with Crippen LogP contribution in [-0.2, 0) is 6.54 Å². The van der Waals surface area contributed by atoms with E-state index in [2.05, 4.69) is 42.2 Å². The molecule has 0 saturated heterocycles. The van der Waals surface area contributed by atoms with E-state index in [1.165, 1.54) is 19.2 Å². The molecule has 0 unspecified atom stereocenters. The second-order valence-corrected chi connectivity index (χ2v) is 7.99. The summed E-state index contributed by atoms with van der Waals surface area (Å²) in [6.45, 7) is 4.51. The highest BCUT2D eigenvalue weighted by molar-refractivity contribution is 5.81. The van der Waals surface area contributed by atoms with Gasteiger partial charge in [-0.1, -0.05) is 18.1 Å². The van der Waals surface area contributed by atoms with Crippen molar-refractivity contribution < 1.29 is 4.74 Å². The SMILES string of the molecule is CC(C)Oc1nc(NCc2ccc(-n3cncn3)cc2)nc2ccc(C#CC3CC3)nc12. The Labute approximate surface area is 186 Å². The average Bonchev–Trinajstić information content (AvgIpc) is 3.47. The first kappa shape index (κ1) is 19.9. The van der Waals surface area contributed by atoms with Gasteiger partial charge in [-0.25, -0.2) is 19.6 Å². The minimum Gasteiger partial charge on any atom is -0.473 e. The highest BCUT2D eigenvalue weighted by Crippen LogP contribution is 2.28. The van der Waals surface area contributed by atoms with Crippen molar-refractivity contribution in [2.75, 3.05) is 5.32 Å². The Morgan fingerprint density at radius 1 is 1.09 bits per heavy atom. The van der Waals surface area contributed by atoms with Crippen LogP contribution in [0, 0.1) is 17.8 Å². The number of benzene rings is 1. The molecule has 5 rings (SSSR count). The number of nitrogens with one attached hydrogen (secondary N) is 1. The topological polar surface area (TPSA) is 90.6 Å². The Hall–Kier alpha value is -3.99. The highest BCUT2D eigenvalue weighted by atomic mass is 16.5. The fraction of sp³-hybridized carbons (Fsp3) is 0.292. The summed E-state index contributed by atoms with van der Waals surface area (Å²) >= 11 is 0. The fourth-order valence-corrected chi connectivity index (χ4v) is 3.13. The molecule has 1 aliphatic rings. The van der Waals surface area contributed by atoms with Crippen molar-refractivity contribution in [1.82, 2.24) is 29.7 Å². The lowest BCUT2D eigenvalue weighted by molar-refractivity contribution is 0.235. The van der Waals surface area contributed by atoms with E-state index in [1.54, 1.807) is 11.0 Å². The number of fused-ring (bicyclic) bond motifs is 1. The van der Waals surface area contributed by atoms with E-state index in [0.29, 0.717) is 29.8 Å². The lowest BCUT2D eigenvalue weighted by Crippen LogP contribution is -2.11. The molecule has 0 atom stereocenters. The number of hydrogen-bond acceptors (Lipinski definition) is 7. The van der Waals surface area contributed by atoms with Gasteiger partial charge in [-0.05, 0) is 62.4 Å². The third kappa shape index (κ3) is 4.67. The number of anilines is 1. The maximum Gasteiger partial charge on any atom is 0.245 e. The van der Waals surface area contributed by atoms with Crippen molar-refractivity contribution in [3.05, 3.63) is 60.3 Å². The number of hydrogen-bond donors (Lipinski definition) is 1. The summed E-state index contributed by atoms with van der Waals surface area (Å²) in [6, 6.07) is 11.9. The van der Waals surface area contributed by atoms with Gasteiger partial charge in [-0.2, -0.15) is 10.1 Å². The third-order valence-corrected chi connectivity index (χ3v) is 4.91. The average molecular weight is 425 g/mol. The summed E-state index contributed by atoms with van der Waals surface area (Å²) < 4.78 is 7.67. The molecule has 0 aliphatic heterocycles. The molecule has 8 nitrogen and oxygen atoms in total. The zero-order valence-electron chi connectivity index (χ0n) is 18.0. The Balaban J connectivity index is 1.37. The fourth-order valence-electron chi connectivity index (χ4n) is 3.13. The summed E-state index contributed by atoms with van der Waals surface area (Å²) in [5.41, 5.74) is 4.11. The molecule has 1 aliphatic carbocycles. The number of ether oxygens (including phenoxy) is 1. The monoisotopic (exact) mass is 425 g/mol.